The number of benzene rings is 1. The Labute approximate surface area is 120 Å². The smallest absolute Gasteiger partial charge is 0.223 e. The molecular weight excluding hydrogens is 250 g/mol. The summed E-state index contributed by atoms with van der Waals surface area (Å²) in [6.45, 7) is 7.10. The average Bonchev–Trinajstić information content (AvgIpc) is 2.46. The highest BCUT2D eigenvalue weighted by atomic mass is 16.5. The zero-order valence-corrected chi connectivity index (χ0v) is 12.5. The molecule has 0 aliphatic heterocycles. The van der Waals surface area contributed by atoms with Crippen LogP contribution in [0.3, 0.4) is 0 Å². The van der Waals surface area contributed by atoms with Crippen molar-refractivity contribution in [2.24, 2.45) is 0 Å². The van der Waals surface area contributed by atoms with Gasteiger partial charge in [0, 0.05) is 18.3 Å². The van der Waals surface area contributed by atoms with Crippen LogP contribution in [0.5, 0.6) is 5.75 Å². The van der Waals surface area contributed by atoms with Crippen LogP contribution >= 0.6 is 0 Å². The number of hydrogen-bond acceptors (Lipinski definition) is 4. The first-order valence-corrected chi connectivity index (χ1v) is 6.88. The van der Waals surface area contributed by atoms with Gasteiger partial charge in [-0.3, -0.25) is 0 Å². The summed E-state index contributed by atoms with van der Waals surface area (Å²) in [6.07, 6.45) is 2.91. The van der Waals surface area contributed by atoms with E-state index in [1.165, 1.54) is 0 Å². The Kier molecular flexibility index (Phi) is 4.56. The fraction of sp³-hybridized carbons (Fsp3) is 0.375. The third-order valence-electron chi connectivity index (χ3n) is 3.19. The zero-order valence-electron chi connectivity index (χ0n) is 12.5. The Morgan fingerprint density at radius 1 is 1.20 bits per heavy atom. The van der Waals surface area contributed by atoms with Gasteiger partial charge in [-0.15, -0.1) is 0 Å². The molecular formula is C16H21N3O. The fourth-order valence-electron chi connectivity index (χ4n) is 2.07. The molecule has 2 rings (SSSR count). The van der Waals surface area contributed by atoms with Crippen molar-refractivity contribution in [1.82, 2.24) is 9.97 Å². The van der Waals surface area contributed by atoms with Gasteiger partial charge in [-0.25, -0.2) is 9.97 Å². The summed E-state index contributed by atoms with van der Waals surface area (Å²) < 4.78 is 5.25. The maximum Gasteiger partial charge on any atom is 0.223 e. The lowest BCUT2D eigenvalue weighted by Crippen LogP contribution is -2.05. The van der Waals surface area contributed by atoms with E-state index in [0.717, 1.165) is 41.1 Å². The quantitative estimate of drug-likeness (QED) is 0.902. The number of aryl methyl sites for hydroxylation is 2. The zero-order chi connectivity index (χ0) is 14.5. The number of hydrogen-bond donors (Lipinski definition) is 1. The maximum absolute atomic E-state index is 5.25. The largest absolute Gasteiger partial charge is 0.497 e. The topological polar surface area (TPSA) is 47.0 Å². The Morgan fingerprint density at radius 3 is 2.65 bits per heavy atom. The molecule has 0 fully saturated rings. The van der Waals surface area contributed by atoms with Crippen LogP contribution in [0.25, 0.3) is 11.3 Å². The van der Waals surface area contributed by atoms with E-state index in [0.29, 0.717) is 5.95 Å². The van der Waals surface area contributed by atoms with Crippen molar-refractivity contribution in [2.45, 2.75) is 27.2 Å². The lowest BCUT2D eigenvalue weighted by atomic mass is 10.0. The number of nitrogens with zero attached hydrogens (tertiary/aromatic N) is 2. The minimum atomic E-state index is 0.683. The number of aromatic nitrogens is 2. The second-order valence-corrected chi connectivity index (χ2v) is 4.83. The third kappa shape index (κ3) is 3.07. The average molecular weight is 271 g/mol. The summed E-state index contributed by atoms with van der Waals surface area (Å²) in [7, 11) is 1.68. The van der Waals surface area contributed by atoms with E-state index in [-0.39, 0.29) is 0 Å². The van der Waals surface area contributed by atoms with Crippen molar-refractivity contribution in [1.29, 1.82) is 0 Å². The van der Waals surface area contributed by atoms with E-state index in [4.69, 9.17) is 4.74 Å². The Bertz CT molecular complexity index is 596. The molecule has 0 aliphatic carbocycles. The number of ether oxygens (including phenoxy) is 1. The van der Waals surface area contributed by atoms with Gasteiger partial charge >= 0.3 is 0 Å². The van der Waals surface area contributed by atoms with Gasteiger partial charge in [-0.05, 0) is 49.6 Å². The molecule has 0 saturated carbocycles. The van der Waals surface area contributed by atoms with Crippen LogP contribution in [0.1, 0.15) is 24.5 Å². The molecule has 0 atom stereocenters. The van der Waals surface area contributed by atoms with Crippen LogP contribution in [0, 0.1) is 13.8 Å². The van der Waals surface area contributed by atoms with Gasteiger partial charge in [0.1, 0.15) is 5.75 Å². The first-order valence-electron chi connectivity index (χ1n) is 6.88. The van der Waals surface area contributed by atoms with E-state index in [9.17, 15) is 0 Å². The predicted octanol–water partition coefficient (Wildman–Crippen LogP) is 3.59. The van der Waals surface area contributed by atoms with Gasteiger partial charge in [-0.1, -0.05) is 6.92 Å². The van der Waals surface area contributed by atoms with Crippen molar-refractivity contribution < 1.29 is 4.74 Å². The molecule has 0 spiro atoms. The van der Waals surface area contributed by atoms with E-state index in [1.807, 2.05) is 31.3 Å². The molecule has 0 amide bonds. The molecule has 106 valence electrons. The predicted molar refractivity (Wildman–Crippen MR) is 82.3 cm³/mol. The monoisotopic (exact) mass is 271 g/mol. The van der Waals surface area contributed by atoms with Crippen LogP contribution in [-0.4, -0.2) is 23.6 Å². The summed E-state index contributed by atoms with van der Waals surface area (Å²) >= 11 is 0. The number of rotatable bonds is 5. The third-order valence-corrected chi connectivity index (χ3v) is 3.19. The first-order chi connectivity index (χ1) is 9.65. The standard InChI is InChI=1S/C16H21N3O/c1-5-8-17-16-18-10-12(3)15(19-16)14-7-6-13(20-4)9-11(14)2/h6-7,9-10H,5,8H2,1-4H3,(H,17,18,19). The molecule has 1 aromatic carbocycles. The van der Waals surface area contributed by atoms with E-state index >= 15 is 0 Å². The maximum atomic E-state index is 5.25. The van der Waals surface area contributed by atoms with Crippen molar-refractivity contribution in [3.8, 4) is 17.0 Å². The second kappa shape index (κ2) is 6.37. The molecule has 1 aromatic heterocycles. The molecule has 4 nitrogen and oxygen atoms in total. The second-order valence-electron chi connectivity index (χ2n) is 4.83. The fourth-order valence-corrected chi connectivity index (χ4v) is 2.07. The van der Waals surface area contributed by atoms with Crippen molar-refractivity contribution >= 4 is 5.95 Å². The Morgan fingerprint density at radius 2 is 2.00 bits per heavy atom. The van der Waals surface area contributed by atoms with Crippen molar-refractivity contribution in [3.63, 3.8) is 0 Å². The number of methoxy groups -OCH3 is 1. The van der Waals surface area contributed by atoms with Gasteiger partial charge in [0.2, 0.25) is 5.95 Å². The molecule has 0 unspecified atom stereocenters. The van der Waals surface area contributed by atoms with Crippen LogP contribution in [0.4, 0.5) is 5.95 Å². The SMILES string of the molecule is CCCNc1ncc(C)c(-c2ccc(OC)cc2C)n1. The van der Waals surface area contributed by atoms with Crippen LogP contribution in [0.15, 0.2) is 24.4 Å². The van der Waals surface area contributed by atoms with E-state index in [1.54, 1.807) is 7.11 Å². The molecule has 0 bridgehead atoms. The van der Waals surface area contributed by atoms with E-state index < -0.39 is 0 Å². The summed E-state index contributed by atoms with van der Waals surface area (Å²) in [5, 5.41) is 3.23. The Balaban J connectivity index is 2.40. The summed E-state index contributed by atoms with van der Waals surface area (Å²) in [5.74, 6) is 1.55. The molecule has 0 radical (unpaired) electrons. The minimum Gasteiger partial charge on any atom is -0.497 e. The Hall–Kier alpha value is -2.10. The normalized spacial score (nSPS) is 10.4. The highest BCUT2D eigenvalue weighted by Crippen LogP contribution is 2.28. The highest BCUT2D eigenvalue weighted by Gasteiger charge is 2.09. The number of anilines is 1. The first kappa shape index (κ1) is 14.3. The van der Waals surface area contributed by atoms with Gasteiger partial charge < -0.3 is 10.1 Å². The van der Waals surface area contributed by atoms with Gasteiger partial charge in [-0.2, -0.15) is 0 Å². The van der Waals surface area contributed by atoms with Gasteiger partial charge in [0.05, 0.1) is 12.8 Å². The molecule has 20 heavy (non-hydrogen) atoms. The molecule has 1 N–H and O–H groups in total. The van der Waals surface area contributed by atoms with Crippen LogP contribution < -0.4 is 10.1 Å². The van der Waals surface area contributed by atoms with Crippen LogP contribution in [0.2, 0.25) is 0 Å². The summed E-state index contributed by atoms with van der Waals surface area (Å²) in [4.78, 5) is 8.95. The molecule has 0 aliphatic rings. The lowest BCUT2D eigenvalue weighted by Gasteiger charge is -2.11. The summed E-state index contributed by atoms with van der Waals surface area (Å²) in [5.41, 5.74) is 4.30. The van der Waals surface area contributed by atoms with Crippen molar-refractivity contribution in [3.05, 3.63) is 35.5 Å². The lowest BCUT2D eigenvalue weighted by molar-refractivity contribution is 0.414. The molecule has 0 saturated heterocycles. The minimum absolute atomic E-state index is 0.683. The van der Waals surface area contributed by atoms with Crippen molar-refractivity contribution in [2.75, 3.05) is 19.0 Å². The molecule has 2 aromatic rings. The van der Waals surface area contributed by atoms with Gasteiger partial charge in [0.15, 0.2) is 0 Å². The van der Waals surface area contributed by atoms with Gasteiger partial charge in [0.25, 0.3) is 0 Å². The molecule has 1 heterocycles. The van der Waals surface area contributed by atoms with Crippen LogP contribution in [-0.2, 0) is 0 Å². The summed E-state index contributed by atoms with van der Waals surface area (Å²) in [6, 6.07) is 6.03. The number of nitrogens with one attached hydrogen (secondary N) is 1. The molecule has 4 heteroatoms. The highest BCUT2D eigenvalue weighted by molar-refractivity contribution is 5.68. The van der Waals surface area contributed by atoms with E-state index in [2.05, 4.69) is 29.1 Å².